The third kappa shape index (κ3) is 2.19. The van der Waals surface area contributed by atoms with E-state index in [4.69, 9.17) is 4.74 Å². The molecule has 3 saturated carbocycles. The fourth-order valence-corrected chi connectivity index (χ4v) is 7.92. The van der Waals surface area contributed by atoms with Crippen LogP contribution in [0.25, 0.3) is 0 Å². The van der Waals surface area contributed by atoms with Crippen LogP contribution in [0.1, 0.15) is 59.8 Å². The molecule has 5 nitrogen and oxygen atoms in total. The zero-order valence-corrected chi connectivity index (χ0v) is 15.9. The van der Waals surface area contributed by atoms with E-state index in [9.17, 15) is 20.4 Å². The van der Waals surface area contributed by atoms with Crippen LogP contribution in [0, 0.1) is 39.9 Å². The molecule has 0 amide bonds. The fourth-order valence-electron chi connectivity index (χ4n) is 7.92. The van der Waals surface area contributed by atoms with Crippen LogP contribution in [-0.2, 0) is 4.74 Å². The molecule has 5 heteroatoms. The van der Waals surface area contributed by atoms with Gasteiger partial charge in [-0.15, -0.1) is 0 Å². The van der Waals surface area contributed by atoms with Crippen molar-refractivity contribution < 1.29 is 25.2 Å². The lowest BCUT2D eigenvalue weighted by molar-refractivity contribution is -0.238. The molecule has 25 heavy (non-hydrogen) atoms. The van der Waals surface area contributed by atoms with E-state index >= 15 is 0 Å². The Balaban J connectivity index is 1.79. The van der Waals surface area contributed by atoms with E-state index in [-0.39, 0.29) is 28.6 Å². The van der Waals surface area contributed by atoms with E-state index in [2.05, 4.69) is 20.8 Å². The highest BCUT2D eigenvalue weighted by molar-refractivity contribution is 5.15. The molecule has 4 rings (SSSR count). The minimum Gasteiger partial charge on any atom is -0.393 e. The Hall–Kier alpha value is -0.200. The number of fused-ring (bicyclic) bond motifs is 5. The van der Waals surface area contributed by atoms with E-state index in [1.165, 1.54) is 0 Å². The number of aliphatic hydroxyl groups is 4. The van der Waals surface area contributed by atoms with Gasteiger partial charge in [-0.3, -0.25) is 0 Å². The molecule has 3 aliphatic carbocycles. The summed E-state index contributed by atoms with van der Waals surface area (Å²) in [5, 5.41) is 42.9. The second-order valence-corrected chi connectivity index (χ2v) is 10.4. The van der Waals surface area contributed by atoms with Gasteiger partial charge < -0.3 is 25.2 Å². The average molecular weight is 354 g/mol. The molecule has 0 aromatic heterocycles. The van der Waals surface area contributed by atoms with E-state index < -0.39 is 36.1 Å². The summed E-state index contributed by atoms with van der Waals surface area (Å²) in [6.07, 6.45) is 1.19. The Morgan fingerprint density at radius 3 is 2.16 bits per heavy atom. The molecule has 0 radical (unpaired) electrons. The maximum Gasteiger partial charge on any atom is 0.163 e. The molecule has 4 fully saturated rings. The molecule has 0 spiro atoms. The third-order valence-corrected chi connectivity index (χ3v) is 8.84. The van der Waals surface area contributed by atoms with E-state index in [1.54, 1.807) is 0 Å². The number of hydrogen-bond donors (Lipinski definition) is 4. The van der Waals surface area contributed by atoms with Crippen molar-refractivity contribution in [1.29, 1.82) is 0 Å². The minimum absolute atomic E-state index is 0.0400. The monoisotopic (exact) mass is 354 g/mol. The lowest BCUT2D eigenvalue weighted by atomic mass is 9.39. The molecule has 0 bridgehead atoms. The van der Waals surface area contributed by atoms with Crippen LogP contribution in [-0.4, -0.2) is 45.2 Å². The van der Waals surface area contributed by atoms with E-state index in [0.29, 0.717) is 12.8 Å². The molecule has 1 saturated heterocycles. The van der Waals surface area contributed by atoms with Crippen molar-refractivity contribution in [2.45, 2.75) is 84.6 Å². The molecule has 10 unspecified atom stereocenters. The molecular formula is C20H34O5. The van der Waals surface area contributed by atoms with Crippen LogP contribution in [0.2, 0.25) is 0 Å². The first-order chi connectivity index (χ1) is 11.5. The summed E-state index contributed by atoms with van der Waals surface area (Å²) in [6, 6.07) is 0. The van der Waals surface area contributed by atoms with E-state index in [1.807, 2.05) is 6.92 Å². The fraction of sp³-hybridized carbons (Fsp3) is 1.00. The molecular weight excluding hydrogens is 320 g/mol. The second kappa shape index (κ2) is 5.41. The first-order valence-corrected chi connectivity index (χ1v) is 9.91. The zero-order valence-electron chi connectivity index (χ0n) is 15.9. The van der Waals surface area contributed by atoms with Gasteiger partial charge in [-0.2, -0.15) is 0 Å². The first kappa shape index (κ1) is 18.2. The predicted molar refractivity (Wildman–Crippen MR) is 92.2 cm³/mol. The molecule has 144 valence electrons. The quantitative estimate of drug-likeness (QED) is 0.533. The van der Waals surface area contributed by atoms with Crippen LogP contribution < -0.4 is 0 Å². The maximum atomic E-state index is 11.1. The van der Waals surface area contributed by atoms with Crippen molar-refractivity contribution >= 4 is 0 Å². The summed E-state index contributed by atoms with van der Waals surface area (Å²) in [5.74, 6) is -0.0297. The smallest absolute Gasteiger partial charge is 0.163 e. The summed E-state index contributed by atoms with van der Waals surface area (Å²) in [4.78, 5) is 0. The van der Waals surface area contributed by atoms with Crippen molar-refractivity contribution in [2.75, 3.05) is 0 Å². The zero-order chi connectivity index (χ0) is 18.4. The Bertz CT molecular complexity index is 550. The van der Waals surface area contributed by atoms with Crippen LogP contribution in [0.4, 0.5) is 0 Å². The van der Waals surface area contributed by atoms with Crippen LogP contribution in [0.5, 0.6) is 0 Å². The molecule has 0 aromatic rings. The lowest BCUT2D eigenvalue weighted by Gasteiger charge is -2.66. The highest BCUT2D eigenvalue weighted by Crippen LogP contribution is 2.69. The van der Waals surface area contributed by atoms with Gasteiger partial charge in [-0.25, -0.2) is 0 Å². The molecule has 1 heterocycles. The van der Waals surface area contributed by atoms with Crippen molar-refractivity contribution in [1.82, 2.24) is 0 Å². The molecule has 4 N–H and O–H groups in total. The van der Waals surface area contributed by atoms with Gasteiger partial charge >= 0.3 is 0 Å². The normalized spacial score (nSPS) is 60.5. The highest BCUT2D eigenvalue weighted by atomic mass is 16.7. The summed E-state index contributed by atoms with van der Waals surface area (Å²) in [5.41, 5.74) is -0.713. The van der Waals surface area contributed by atoms with Gasteiger partial charge in [0, 0.05) is 11.3 Å². The van der Waals surface area contributed by atoms with Crippen LogP contribution >= 0.6 is 0 Å². The van der Waals surface area contributed by atoms with Gasteiger partial charge in [0.2, 0.25) is 0 Å². The summed E-state index contributed by atoms with van der Waals surface area (Å²) < 4.78 is 5.35. The number of rotatable bonds is 0. The van der Waals surface area contributed by atoms with Crippen LogP contribution in [0.15, 0.2) is 0 Å². The summed E-state index contributed by atoms with van der Waals surface area (Å²) >= 11 is 0. The first-order valence-electron chi connectivity index (χ1n) is 9.91. The summed E-state index contributed by atoms with van der Waals surface area (Å²) in [7, 11) is 0. The number of ether oxygens (including phenoxy) is 1. The number of aliphatic hydroxyl groups excluding tert-OH is 4. The van der Waals surface area contributed by atoms with Gasteiger partial charge in [0.05, 0.1) is 12.2 Å². The Labute approximate surface area is 150 Å². The molecule has 10 atom stereocenters. The van der Waals surface area contributed by atoms with Gasteiger partial charge in [0.1, 0.15) is 0 Å². The third-order valence-electron chi connectivity index (χ3n) is 8.84. The Morgan fingerprint density at radius 2 is 1.48 bits per heavy atom. The van der Waals surface area contributed by atoms with E-state index in [0.717, 1.165) is 19.3 Å². The SMILES string of the molecule is CC1(C)CCCC2(C)C3CC(O)C4C(O)OC(O)C4(C)C3CC(O)C12. The predicted octanol–water partition coefficient (Wildman–Crippen LogP) is 1.87. The Morgan fingerprint density at radius 1 is 0.840 bits per heavy atom. The average Bonchev–Trinajstić information content (AvgIpc) is 2.71. The molecule has 0 aromatic carbocycles. The second-order valence-electron chi connectivity index (χ2n) is 10.4. The van der Waals surface area contributed by atoms with Gasteiger partial charge in [0.25, 0.3) is 0 Å². The topological polar surface area (TPSA) is 90.2 Å². The van der Waals surface area contributed by atoms with Crippen LogP contribution in [0.3, 0.4) is 0 Å². The standard InChI is InChI=1S/C20H34O5/c1-18(2)6-5-7-19(3)10-8-12(21)14-16(23)25-17(24)20(14,4)11(10)9-13(22)15(18)19/h10-17,21-24H,5-9H2,1-4H3. The van der Waals surface area contributed by atoms with Gasteiger partial charge in [-0.05, 0) is 54.3 Å². The van der Waals surface area contributed by atoms with Crippen molar-refractivity contribution in [3.05, 3.63) is 0 Å². The summed E-state index contributed by atoms with van der Waals surface area (Å²) in [6.45, 7) is 8.75. The minimum atomic E-state index is -1.14. The van der Waals surface area contributed by atoms with Crippen molar-refractivity contribution in [3.63, 3.8) is 0 Å². The number of hydrogen-bond acceptors (Lipinski definition) is 5. The van der Waals surface area contributed by atoms with Crippen molar-refractivity contribution in [2.24, 2.45) is 39.9 Å². The molecule has 4 aliphatic rings. The van der Waals surface area contributed by atoms with Gasteiger partial charge in [0.15, 0.2) is 12.6 Å². The largest absolute Gasteiger partial charge is 0.393 e. The van der Waals surface area contributed by atoms with Gasteiger partial charge in [-0.1, -0.05) is 34.1 Å². The maximum absolute atomic E-state index is 11.1. The molecule has 1 aliphatic heterocycles. The lowest BCUT2D eigenvalue weighted by Crippen LogP contribution is -2.65. The Kier molecular flexibility index (Phi) is 3.94. The van der Waals surface area contributed by atoms with Crippen molar-refractivity contribution in [3.8, 4) is 0 Å². The highest BCUT2D eigenvalue weighted by Gasteiger charge is 2.69.